The Morgan fingerprint density at radius 2 is 0.646 bits per heavy atom. The van der Waals surface area contributed by atoms with E-state index in [4.69, 9.17) is 53.4 Å². The molecule has 0 aliphatic carbocycles. The molecular weight excluding hydrogens is 1890 g/mol. The number of rotatable bonds is 39. The van der Waals surface area contributed by atoms with Gasteiger partial charge in [-0.25, -0.2) is 28.8 Å². The molecule has 696 valence electrons. The van der Waals surface area contributed by atoms with Gasteiger partial charge in [-0.1, -0.05) is 260 Å². The molecule has 130 heavy (non-hydrogen) atoms. The molecule has 7 aromatic carbocycles. The second-order valence-electron chi connectivity index (χ2n) is 27.2. The molecule has 3 N–H and O–H groups in total. The number of Topliss-reactive ketones (excluding diaryl/α,β-unsaturated/α-hetero) is 5. The predicted molar refractivity (Wildman–Crippen MR) is 483 cm³/mol. The summed E-state index contributed by atoms with van der Waals surface area (Å²) in [7, 11) is 0. The van der Waals surface area contributed by atoms with E-state index in [-0.39, 0.29) is 127 Å². The zero-order chi connectivity index (χ0) is 94.1. The van der Waals surface area contributed by atoms with Crippen molar-refractivity contribution in [3.05, 3.63) is 248 Å². The average Bonchev–Trinajstić information content (AvgIpc) is 1.60. The number of esters is 5. The maximum Gasteiger partial charge on any atom is 1.00 e. The number of aliphatic carboxylic acids is 2. The number of ketones is 5. The van der Waals surface area contributed by atoms with Gasteiger partial charge < -0.3 is 78.4 Å². The first-order chi connectivity index (χ1) is 60.6. The Morgan fingerprint density at radius 3 is 0.915 bits per heavy atom. The molecule has 0 aromatic heterocycles. The first kappa shape index (κ1) is 129. The molecule has 28 nitrogen and oxygen atoms in total. The van der Waals surface area contributed by atoms with Gasteiger partial charge in [-0.2, -0.15) is 0 Å². The van der Waals surface area contributed by atoms with E-state index in [2.05, 4.69) is 95.9 Å². The molecule has 0 saturated carbocycles. The molecular formula is C96H120Br3LiNa2O28. The number of ether oxygens (including phenoxy) is 9. The van der Waals surface area contributed by atoms with Crippen LogP contribution in [0.15, 0.2) is 170 Å². The Labute approximate surface area is 844 Å². The van der Waals surface area contributed by atoms with Crippen LogP contribution in [-0.2, 0) is 134 Å². The molecule has 2 fully saturated rings. The van der Waals surface area contributed by atoms with Crippen molar-refractivity contribution < 1.29 is 214 Å². The number of unbranched alkanes of at least 4 members (excludes halogenated alkanes) is 8. The molecule has 0 atom stereocenters. The second kappa shape index (κ2) is 77.8. The van der Waals surface area contributed by atoms with Crippen molar-refractivity contribution >= 4 is 125 Å². The van der Waals surface area contributed by atoms with Gasteiger partial charge in [0.05, 0.1) is 66.1 Å². The molecule has 0 bridgehead atoms. The number of hydrogen-bond acceptors (Lipinski definition) is 27. The van der Waals surface area contributed by atoms with Crippen LogP contribution in [0.3, 0.4) is 0 Å². The number of alkyl halides is 3. The summed E-state index contributed by atoms with van der Waals surface area (Å²) in [5.41, 5.74) is 10.3. The van der Waals surface area contributed by atoms with Gasteiger partial charge in [-0.15, -0.1) is 0 Å². The van der Waals surface area contributed by atoms with E-state index in [0.29, 0.717) is 77.9 Å². The van der Waals surface area contributed by atoms with Gasteiger partial charge in [-0.3, -0.25) is 28.8 Å². The monoisotopic (exact) mass is 2010 g/mol. The maximum atomic E-state index is 12.3. The minimum Gasteiger partial charge on any atom is -0.870 e. The first-order valence-electron chi connectivity index (χ1n) is 41.8. The standard InChI is InChI=1S/C17H24O4.C15H20O3.C13H15BrO4.2C13H16O3.C11H11BrO3.C11H12O3.C2H5BrO.CH2O3.Li.2Na.H2O/c1-3-5-6-8-14-9-7-10-15(13-14)17(16(18)19-4-2)20-11-12-21-17;1-3-5-6-8-12-9-7-10-13(11-12)14(16)15(17)18-4-2;1-2-16-12(15)13(17-6-7-18-13)11-5-3-4-10(8-11)9-14;2*1-2-3-4-6-10-7-5-8-11(9-10)12(14)13(15)16;1-2-15-11(14)10(13)9-5-3-4-8(6-9)7-12;1-3-14-11(13)10(12)9-6-4-5-8(2)7-9;3-1-2-4;2-1-4-3;;;;/h7,9-10,13H,3-6,8,11-12H2,1-2H3;7,9-11H,3-6,8H2,1-2H3;3-5,8H,2,6-7,9H2,1H3;2*5,7-9H,2-4,6H2,1H3,(H,15,16);3-6H,2,7H2,1H3;4-7H,3H2,1-2H3;4H,1-2H2;1,3H;;;;1H2/q;;;;;;;;;3*+1;/p-3. The number of hydrogen-bond donors (Lipinski definition) is 2. The van der Waals surface area contributed by atoms with Crippen molar-refractivity contribution in [2.75, 3.05) is 71.4 Å². The normalized spacial score (nSPS) is 11.6. The van der Waals surface area contributed by atoms with Gasteiger partial charge >= 0.3 is 114 Å². The zero-order valence-corrected chi connectivity index (χ0v) is 85.7. The summed E-state index contributed by atoms with van der Waals surface area (Å²) in [5.74, 6) is -12.7. The van der Waals surface area contributed by atoms with E-state index >= 15 is 0 Å². The average molecular weight is 2010 g/mol. The van der Waals surface area contributed by atoms with Crippen LogP contribution in [0, 0.1) is 6.92 Å². The van der Waals surface area contributed by atoms with E-state index in [1.807, 2.05) is 85.8 Å². The topological polar surface area (TPSA) is 431 Å². The van der Waals surface area contributed by atoms with E-state index < -0.39 is 82.3 Å². The van der Waals surface area contributed by atoms with Crippen LogP contribution in [0.5, 0.6) is 0 Å². The van der Waals surface area contributed by atoms with Crippen LogP contribution in [0.25, 0.3) is 0 Å². The quantitative estimate of drug-likeness (QED) is 0.00400. The van der Waals surface area contributed by atoms with Crippen molar-refractivity contribution in [1.29, 1.82) is 0 Å². The Bertz CT molecular complexity index is 4400. The molecule has 2 saturated heterocycles. The van der Waals surface area contributed by atoms with Crippen LogP contribution < -0.4 is 88.3 Å². The van der Waals surface area contributed by atoms with Crippen LogP contribution in [-0.4, -0.2) is 164 Å². The number of carbonyl (C=O) groups is 13. The van der Waals surface area contributed by atoms with Crippen LogP contribution >= 0.6 is 47.8 Å². The number of halogens is 3. The molecule has 7 aromatic rings. The SMILES string of the molecule is CCCCCc1cccc(C(=O)C(=O)O)c1.CCCCCc1cccc(C(=O)C(=O)OCC)c1.CCCCCc1cccc(C(=O)C(=O)[O-])c1.CCCCCc1cccc(C2(C(=O)OCC)OCCO2)c1.CCOC(=O)C(=O)c1cccc(C)c1.CCOC(=O)C(=O)c1cccc(CBr)c1.CCOC(=O)C1(c2cccc(CBr)c2)OCCO1.O=CO[O-].OCCBr.[Li+].[Na+].[Na+].[OH-]. The number of aliphatic hydroxyl groups excluding tert-OH is 1. The Morgan fingerprint density at radius 1 is 0.392 bits per heavy atom. The van der Waals surface area contributed by atoms with Gasteiger partial charge in [-0.05, 0) is 169 Å². The summed E-state index contributed by atoms with van der Waals surface area (Å²) in [6, 6.07) is 50.0. The third kappa shape index (κ3) is 49.9. The first-order valence-corrected chi connectivity index (χ1v) is 45.2. The van der Waals surface area contributed by atoms with Gasteiger partial charge in [0.15, 0.2) is 0 Å². The number of aliphatic hydroxyl groups is 1. The largest absolute Gasteiger partial charge is 1.00 e. The molecule has 34 heteroatoms. The van der Waals surface area contributed by atoms with Gasteiger partial charge in [0.25, 0.3) is 41.2 Å². The number of aryl methyl sites for hydroxylation is 5. The van der Waals surface area contributed by atoms with Crippen molar-refractivity contribution in [1.82, 2.24) is 0 Å². The van der Waals surface area contributed by atoms with Gasteiger partial charge in [0, 0.05) is 54.9 Å². The molecule has 0 spiro atoms. The number of carboxylic acid groups (broad SMARTS) is 2. The molecule has 2 heterocycles. The third-order valence-electron chi connectivity index (χ3n) is 17.6. The summed E-state index contributed by atoms with van der Waals surface area (Å²) in [5, 5.41) is 37.3. The molecule has 0 amide bonds. The third-order valence-corrected chi connectivity index (χ3v) is 19.2. The van der Waals surface area contributed by atoms with E-state index in [0.717, 1.165) is 116 Å². The van der Waals surface area contributed by atoms with Crippen molar-refractivity contribution in [3.8, 4) is 0 Å². The number of carboxylic acids is 2. The maximum absolute atomic E-state index is 12.3. The number of carbonyl (C=O) groups excluding carboxylic acids is 12. The molecule has 2 aliphatic rings. The Kier molecular flexibility index (Phi) is 77.0. The minimum absolute atomic E-state index is 0. The summed E-state index contributed by atoms with van der Waals surface area (Å²) in [6.07, 6.45) is 17.4. The smallest absolute Gasteiger partial charge is 0.870 e. The fourth-order valence-electron chi connectivity index (χ4n) is 11.6. The molecule has 0 unspecified atom stereocenters. The molecule has 0 radical (unpaired) electrons. The predicted octanol–water partition coefficient (Wildman–Crippen LogP) is 6.44. The fourth-order valence-corrected chi connectivity index (χ4v) is 12.3. The van der Waals surface area contributed by atoms with Crippen LogP contribution in [0.1, 0.15) is 241 Å². The summed E-state index contributed by atoms with van der Waals surface area (Å²) < 4.78 is 46.4. The van der Waals surface area contributed by atoms with Crippen LogP contribution in [0.2, 0.25) is 0 Å². The Hall–Kier alpha value is -7.59. The zero-order valence-electron chi connectivity index (χ0n) is 76.9. The second-order valence-corrected chi connectivity index (χ2v) is 29.2. The van der Waals surface area contributed by atoms with Crippen molar-refractivity contribution in [2.24, 2.45) is 0 Å². The molecule has 2 aliphatic heterocycles. The van der Waals surface area contributed by atoms with E-state index in [1.165, 1.54) is 37.3 Å². The minimum atomic E-state index is -1.65. The molecule has 9 rings (SSSR count). The van der Waals surface area contributed by atoms with Crippen LogP contribution in [0.4, 0.5) is 0 Å². The van der Waals surface area contributed by atoms with Crippen molar-refractivity contribution in [3.63, 3.8) is 0 Å². The van der Waals surface area contributed by atoms with Gasteiger partial charge in [0.1, 0.15) is 5.97 Å². The van der Waals surface area contributed by atoms with E-state index in [1.54, 1.807) is 113 Å². The fraction of sp³-hybridized carbons (Fsp3) is 0.427. The number of benzene rings is 7. The Balaban J connectivity index is -0.000000700. The van der Waals surface area contributed by atoms with E-state index in [9.17, 15) is 62.6 Å². The van der Waals surface area contributed by atoms with Crippen molar-refractivity contribution in [2.45, 2.75) is 194 Å². The summed E-state index contributed by atoms with van der Waals surface area (Å²) in [4.78, 5) is 147. The summed E-state index contributed by atoms with van der Waals surface area (Å²) >= 11 is 9.67. The summed E-state index contributed by atoms with van der Waals surface area (Å²) in [6.45, 7) is 21.9. The van der Waals surface area contributed by atoms with Gasteiger partial charge in [0.2, 0.25) is 5.78 Å².